The van der Waals surface area contributed by atoms with Crippen molar-refractivity contribution in [1.82, 2.24) is 14.9 Å². The molecular formula is C20H23N3O. The zero-order valence-electron chi connectivity index (χ0n) is 13.9. The van der Waals surface area contributed by atoms with E-state index in [0.29, 0.717) is 5.41 Å². The second kappa shape index (κ2) is 6.34. The number of carbonyl (C=O) groups is 1. The van der Waals surface area contributed by atoms with Crippen molar-refractivity contribution < 1.29 is 4.79 Å². The maximum atomic E-state index is 13.2. The summed E-state index contributed by atoms with van der Waals surface area (Å²) in [6, 6.07) is 7.81. The first kappa shape index (κ1) is 15.3. The van der Waals surface area contributed by atoms with Gasteiger partial charge in [0.2, 0.25) is 0 Å². The third-order valence-electron chi connectivity index (χ3n) is 5.67. The molecule has 1 saturated carbocycles. The smallest absolute Gasteiger partial charge is 0.254 e. The van der Waals surface area contributed by atoms with Crippen molar-refractivity contribution in [3.63, 3.8) is 0 Å². The number of aromatic nitrogens is 2. The van der Waals surface area contributed by atoms with Crippen molar-refractivity contribution >= 4 is 5.91 Å². The van der Waals surface area contributed by atoms with E-state index < -0.39 is 0 Å². The highest BCUT2D eigenvalue weighted by molar-refractivity contribution is 6.00. The number of nitrogens with zero attached hydrogens (tertiary/aromatic N) is 3. The Morgan fingerprint density at radius 2 is 1.75 bits per heavy atom. The second-order valence-corrected chi connectivity index (χ2v) is 7.21. The zero-order valence-corrected chi connectivity index (χ0v) is 13.9. The molecule has 1 aromatic heterocycles. The summed E-state index contributed by atoms with van der Waals surface area (Å²) in [7, 11) is 0. The van der Waals surface area contributed by atoms with Gasteiger partial charge in [-0.25, -0.2) is 9.97 Å². The Kier molecular flexibility index (Phi) is 4.05. The number of benzene rings is 1. The lowest BCUT2D eigenvalue weighted by molar-refractivity contribution is 0.0759. The van der Waals surface area contributed by atoms with Crippen LogP contribution in [-0.2, 0) is 0 Å². The monoisotopic (exact) mass is 321 g/mol. The number of hydrogen-bond donors (Lipinski definition) is 0. The quantitative estimate of drug-likeness (QED) is 0.841. The lowest BCUT2D eigenvalue weighted by Crippen LogP contribution is -2.33. The van der Waals surface area contributed by atoms with Crippen molar-refractivity contribution in [1.29, 1.82) is 0 Å². The largest absolute Gasteiger partial charge is 0.338 e. The van der Waals surface area contributed by atoms with Gasteiger partial charge in [0.25, 0.3) is 5.91 Å². The van der Waals surface area contributed by atoms with E-state index in [9.17, 15) is 4.79 Å². The van der Waals surface area contributed by atoms with Crippen molar-refractivity contribution in [2.24, 2.45) is 5.41 Å². The highest BCUT2D eigenvalue weighted by atomic mass is 16.2. The number of rotatable bonds is 2. The Balaban J connectivity index is 1.60. The molecule has 0 radical (unpaired) electrons. The standard InChI is InChI=1S/C20H23N3O/c24-19(23-11-10-20(14-23)8-4-1-5-9-20)18-7-3-2-6-17(18)16-12-21-15-22-13-16/h2-3,6-7,12-13,15H,1,4-5,8-11,14H2. The molecule has 24 heavy (non-hydrogen) atoms. The van der Waals surface area contributed by atoms with Crippen molar-refractivity contribution in [3.05, 3.63) is 48.5 Å². The normalized spacial score (nSPS) is 19.6. The molecular weight excluding hydrogens is 298 g/mol. The summed E-state index contributed by atoms with van der Waals surface area (Å²) < 4.78 is 0. The molecule has 124 valence electrons. The number of hydrogen-bond acceptors (Lipinski definition) is 3. The van der Waals surface area contributed by atoms with Gasteiger partial charge in [-0.3, -0.25) is 4.79 Å². The average Bonchev–Trinajstić information content (AvgIpc) is 3.06. The van der Waals surface area contributed by atoms with E-state index in [1.54, 1.807) is 12.4 Å². The van der Waals surface area contributed by atoms with Gasteiger partial charge in [-0.2, -0.15) is 0 Å². The highest BCUT2D eigenvalue weighted by Gasteiger charge is 2.40. The van der Waals surface area contributed by atoms with Crippen LogP contribution in [0.1, 0.15) is 48.9 Å². The maximum Gasteiger partial charge on any atom is 0.254 e. The Hall–Kier alpha value is -2.23. The second-order valence-electron chi connectivity index (χ2n) is 7.21. The molecule has 1 saturated heterocycles. The topological polar surface area (TPSA) is 46.1 Å². The van der Waals surface area contributed by atoms with Crippen molar-refractivity contribution in [2.45, 2.75) is 38.5 Å². The van der Waals surface area contributed by atoms with Crippen LogP contribution in [0.5, 0.6) is 0 Å². The average molecular weight is 321 g/mol. The lowest BCUT2D eigenvalue weighted by Gasteiger charge is -2.33. The summed E-state index contributed by atoms with van der Waals surface area (Å²) in [4.78, 5) is 23.4. The van der Waals surface area contributed by atoms with E-state index in [-0.39, 0.29) is 5.91 Å². The van der Waals surface area contributed by atoms with Gasteiger partial charge in [0.05, 0.1) is 0 Å². The molecule has 2 aliphatic rings. The third kappa shape index (κ3) is 2.81. The molecule has 2 heterocycles. The molecule has 4 nitrogen and oxygen atoms in total. The van der Waals surface area contributed by atoms with Crippen LogP contribution in [0.15, 0.2) is 43.0 Å². The molecule has 1 aromatic carbocycles. The van der Waals surface area contributed by atoms with E-state index in [1.807, 2.05) is 24.3 Å². The number of amides is 1. The fourth-order valence-corrected chi connectivity index (χ4v) is 4.35. The summed E-state index contributed by atoms with van der Waals surface area (Å²) in [6.45, 7) is 1.81. The molecule has 0 atom stereocenters. The number of carbonyl (C=O) groups excluding carboxylic acids is 1. The van der Waals surface area contributed by atoms with E-state index >= 15 is 0 Å². The molecule has 0 bridgehead atoms. The molecule has 4 heteroatoms. The third-order valence-corrected chi connectivity index (χ3v) is 5.67. The molecule has 1 aliphatic carbocycles. The molecule has 2 aromatic rings. The summed E-state index contributed by atoms with van der Waals surface area (Å²) in [6.07, 6.45) is 12.8. The first-order valence-electron chi connectivity index (χ1n) is 8.91. The van der Waals surface area contributed by atoms with Crippen LogP contribution in [0.25, 0.3) is 11.1 Å². The van der Waals surface area contributed by atoms with E-state index in [0.717, 1.165) is 36.2 Å². The van der Waals surface area contributed by atoms with Gasteiger partial charge in [-0.05, 0) is 36.3 Å². The molecule has 0 N–H and O–H groups in total. The minimum absolute atomic E-state index is 0.150. The number of likely N-dealkylation sites (tertiary alicyclic amines) is 1. The van der Waals surface area contributed by atoms with Gasteiger partial charge in [0.1, 0.15) is 6.33 Å². The van der Waals surface area contributed by atoms with Gasteiger partial charge in [-0.1, -0.05) is 37.5 Å². The molecule has 4 rings (SSSR count). The Bertz CT molecular complexity index is 723. The Morgan fingerprint density at radius 1 is 1.00 bits per heavy atom. The summed E-state index contributed by atoms with van der Waals surface area (Å²) in [5.74, 6) is 0.150. The fourth-order valence-electron chi connectivity index (χ4n) is 4.35. The summed E-state index contributed by atoms with van der Waals surface area (Å²) in [5.41, 5.74) is 2.97. The molecule has 1 amide bonds. The van der Waals surface area contributed by atoms with Gasteiger partial charge in [0, 0.05) is 36.6 Å². The first-order valence-corrected chi connectivity index (χ1v) is 8.91. The Labute approximate surface area is 142 Å². The summed E-state index contributed by atoms with van der Waals surface area (Å²) >= 11 is 0. The van der Waals surface area contributed by atoms with Crippen LogP contribution in [0, 0.1) is 5.41 Å². The zero-order chi connectivity index (χ0) is 16.4. The highest BCUT2D eigenvalue weighted by Crippen LogP contribution is 2.44. The molecule has 1 aliphatic heterocycles. The van der Waals surface area contributed by atoms with Crippen LogP contribution >= 0.6 is 0 Å². The van der Waals surface area contributed by atoms with E-state index in [1.165, 1.54) is 38.4 Å². The van der Waals surface area contributed by atoms with Crippen LogP contribution in [0.4, 0.5) is 0 Å². The molecule has 1 spiro atoms. The molecule has 0 unspecified atom stereocenters. The predicted molar refractivity (Wildman–Crippen MR) is 93.5 cm³/mol. The van der Waals surface area contributed by atoms with Crippen LogP contribution in [-0.4, -0.2) is 33.9 Å². The maximum absolute atomic E-state index is 13.2. The van der Waals surface area contributed by atoms with Gasteiger partial charge < -0.3 is 4.90 Å². The molecule has 2 fully saturated rings. The SMILES string of the molecule is O=C(c1ccccc1-c1cncnc1)N1CCC2(CCCCC2)C1. The minimum atomic E-state index is 0.150. The van der Waals surface area contributed by atoms with Gasteiger partial charge in [-0.15, -0.1) is 0 Å². The van der Waals surface area contributed by atoms with Crippen molar-refractivity contribution in [2.75, 3.05) is 13.1 Å². The fraction of sp³-hybridized carbons (Fsp3) is 0.450. The van der Waals surface area contributed by atoms with Crippen LogP contribution in [0.3, 0.4) is 0 Å². The lowest BCUT2D eigenvalue weighted by atomic mass is 9.73. The summed E-state index contributed by atoms with van der Waals surface area (Å²) in [5, 5.41) is 0. The van der Waals surface area contributed by atoms with E-state index in [2.05, 4.69) is 14.9 Å². The Morgan fingerprint density at radius 3 is 2.54 bits per heavy atom. The van der Waals surface area contributed by atoms with Crippen LogP contribution < -0.4 is 0 Å². The van der Waals surface area contributed by atoms with Crippen molar-refractivity contribution in [3.8, 4) is 11.1 Å². The minimum Gasteiger partial charge on any atom is -0.338 e. The first-order chi connectivity index (χ1) is 11.8. The van der Waals surface area contributed by atoms with Gasteiger partial charge in [0.15, 0.2) is 0 Å². The predicted octanol–water partition coefficient (Wildman–Crippen LogP) is 3.94. The van der Waals surface area contributed by atoms with E-state index in [4.69, 9.17) is 0 Å². The van der Waals surface area contributed by atoms with Gasteiger partial charge >= 0.3 is 0 Å². The van der Waals surface area contributed by atoms with Crippen LogP contribution in [0.2, 0.25) is 0 Å².